The molecule has 1 heterocycles. The largest absolute Gasteiger partial charge is 0.399 e. The molecule has 21 heavy (non-hydrogen) atoms. The van der Waals surface area contributed by atoms with E-state index in [1.165, 1.54) is 0 Å². The van der Waals surface area contributed by atoms with Crippen LogP contribution in [0, 0.1) is 0 Å². The molecule has 3 rings (SSSR count). The molecule has 0 amide bonds. The molecule has 0 saturated carbocycles. The van der Waals surface area contributed by atoms with Crippen molar-refractivity contribution in [3.05, 3.63) is 59.4 Å². The monoisotopic (exact) mass is 317 g/mol. The molecule has 2 aromatic carbocycles. The van der Waals surface area contributed by atoms with Crippen molar-refractivity contribution in [3.63, 3.8) is 0 Å². The number of halogens is 1. The molecule has 2 N–H and O–H groups in total. The SMILES string of the molecule is Nc1cccc(SCc2nc(-c3ccccc3Cl)no2)c1. The van der Waals surface area contributed by atoms with E-state index in [0.717, 1.165) is 16.1 Å². The summed E-state index contributed by atoms with van der Waals surface area (Å²) >= 11 is 7.71. The van der Waals surface area contributed by atoms with Gasteiger partial charge in [-0.25, -0.2) is 0 Å². The van der Waals surface area contributed by atoms with Crippen LogP contribution in [0.5, 0.6) is 0 Å². The van der Waals surface area contributed by atoms with Crippen LogP contribution in [0.1, 0.15) is 5.89 Å². The summed E-state index contributed by atoms with van der Waals surface area (Å²) in [6, 6.07) is 15.1. The van der Waals surface area contributed by atoms with Crippen molar-refractivity contribution in [1.29, 1.82) is 0 Å². The summed E-state index contributed by atoms with van der Waals surface area (Å²) in [6.07, 6.45) is 0. The van der Waals surface area contributed by atoms with Gasteiger partial charge in [-0.3, -0.25) is 0 Å². The number of nitrogen functional groups attached to an aromatic ring is 1. The Kier molecular flexibility index (Phi) is 4.13. The molecule has 0 radical (unpaired) electrons. The van der Waals surface area contributed by atoms with Gasteiger partial charge in [-0.15, -0.1) is 11.8 Å². The highest BCUT2D eigenvalue weighted by molar-refractivity contribution is 7.98. The van der Waals surface area contributed by atoms with Crippen molar-refractivity contribution >= 4 is 29.1 Å². The van der Waals surface area contributed by atoms with Gasteiger partial charge in [0.1, 0.15) is 0 Å². The van der Waals surface area contributed by atoms with E-state index in [2.05, 4.69) is 10.1 Å². The molecular formula is C15H12ClN3OS. The molecule has 4 nitrogen and oxygen atoms in total. The molecular weight excluding hydrogens is 306 g/mol. The van der Waals surface area contributed by atoms with Crippen molar-refractivity contribution in [1.82, 2.24) is 10.1 Å². The first-order valence-corrected chi connectivity index (χ1v) is 7.64. The van der Waals surface area contributed by atoms with Crippen molar-refractivity contribution in [3.8, 4) is 11.4 Å². The topological polar surface area (TPSA) is 64.9 Å². The van der Waals surface area contributed by atoms with Crippen LogP contribution >= 0.6 is 23.4 Å². The summed E-state index contributed by atoms with van der Waals surface area (Å²) in [7, 11) is 0. The van der Waals surface area contributed by atoms with Gasteiger partial charge in [0.2, 0.25) is 11.7 Å². The van der Waals surface area contributed by atoms with Crippen molar-refractivity contribution < 1.29 is 4.52 Å². The summed E-state index contributed by atoms with van der Waals surface area (Å²) in [5, 5.41) is 4.57. The number of nitrogens with two attached hydrogens (primary N) is 1. The molecule has 0 saturated heterocycles. The third kappa shape index (κ3) is 3.37. The van der Waals surface area contributed by atoms with E-state index in [0.29, 0.717) is 22.5 Å². The smallest absolute Gasteiger partial charge is 0.237 e. The van der Waals surface area contributed by atoms with Gasteiger partial charge in [-0.05, 0) is 30.3 Å². The molecule has 0 aliphatic heterocycles. The highest BCUT2D eigenvalue weighted by Crippen LogP contribution is 2.27. The molecule has 0 bridgehead atoms. The summed E-state index contributed by atoms with van der Waals surface area (Å²) in [4.78, 5) is 5.43. The minimum Gasteiger partial charge on any atom is -0.399 e. The Balaban J connectivity index is 1.72. The quantitative estimate of drug-likeness (QED) is 0.575. The number of benzene rings is 2. The normalized spacial score (nSPS) is 10.7. The van der Waals surface area contributed by atoms with E-state index in [-0.39, 0.29) is 0 Å². The second-order valence-corrected chi connectivity index (χ2v) is 5.81. The molecule has 0 unspecified atom stereocenters. The third-order valence-electron chi connectivity index (χ3n) is 2.80. The fourth-order valence-electron chi connectivity index (χ4n) is 1.81. The van der Waals surface area contributed by atoms with Gasteiger partial charge in [0.05, 0.1) is 10.8 Å². The Hall–Kier alpha value is -1.98. The minimum absolute atomic E-state index is 0.503. The maximum atomic E-state index is 6.12. The molecule has 106 valence electrons. The lowest BCUT2D eigenvalue weighted by Gasteiger charge is -1.99. The molecule has 0 spiro atoms. The molecule has 3 aromatic rings. The molecule has 0 aliphatic carbocycles. The Morgan fingerprint density at radius 2 is 2.00 bits per heavy atom. The fraction of sp³-hybridized carbons (Fsp3) is 0.0667. The van der Waals surface area contributed by atoms with Crippen LogP contribution in [-0.2, 0) is 5.75 Å². The number of hydrogen-bond donors (Lipinski definition) is 1. The number of rotatable bonds is 4. The number of nitrogens with zero attached hydrogens (tertiary/aromatic N) is 2. The Morgan fingerprint density at radius 3 is 2.81 bits per heavy atom. The highest BCUT2D eigenvalue weighted by Gasteiger charge is 2.11. The van der Waals surface area contributed by atoms with E-state index in [1.54, 1.807) is 17.8 Å². The Bertz CT molecular complexity index is 760. The van der Waals surface area contributed by atoms with E-state index in [4.69, 9.17) is 21.9 Å². The Labute approximate surface area is 131 Å². The second-order valence-electron chi connectivity index (χ2n) is 4.35. The summed E-state index contributed by atoms with van der Waals surface area (Å²) in [5.41, 5.74) is 7.25. The lowest BCUT2D eigenvalue weighted by Crippen LogP contribution is -1.85. The van der Waals surface area contributed by atoms with Gasteiger partial charge in [-0.1, -0.05) is 35.0 Å². The van der Waals surface area contributed by atoms with E-state index >= 15 is 0 Å². The van der Waals surface area contributed by atoms with Crippen LogP contribution in [0.3, 0.4) is 0 Å². The predicted octanol–water partition coefficient (Wildman–Crippen LogP) is 4.26. The zero-order valence-corrected chi connectivity index (χ0v) is 12.6. The summed E-state index contributed by atoms with van der Waals surface area (Å²) in [6.45, 7) is 0. The third-order valence-corrected chi connectivity index (χ3v) is 4.11. The predicted molar refractivity (Wildman–Crippen MR) is 85.2 cm³/mol. The van der Waals surface area contributed by atoms with Gasteiger partial charge >= 0.3 is 0 Å². The molecule has 0 atom stereocenters. The van der Waals surface area contributed by atoms with Crippen LogP contribution in [0.2, 0.25) is 5.02 Å². The van der Waals surface area contributed by atoms with Crippen molar-refractivity contribution in [2.24, 2.45) is 0 Å². The number of aromatic nitrogens is 2. The van der Waals surface area contributed by atoms with Crippen LogP contribution in [0.15, 0.2) is 57.9 Å². The van der Waals surface area contributed by atoms with Crippen LogP contribution in [0.25, 0.3) is 11.4 Å². The van der Waals surface area contributed by atoms with Gasteiger partial charge in [-0.2, -0.15) is 4.98 Å². The number of anilines is 1. The van der Waals surface area contributed by atoms with Gasteiger partial charge < -0.3 is 10.3 Å². The lowest BCUT2D eigenvalue weighted by molar-refractivity contribution is 0.391. The fourth-order valence-corrected chi connectivity index (χ4v) is 2.84. The van der Waals surface area contributed by atoms with Crippen LogP contribution < -0.4 is 5.73 Å². The summed E-state index contributed by atoms with van der Waals surface area (Å²) < 4.78 is 5.25. The molecule has 1 aromatic heterocycles. The van der Waals surface area contributed by atoms with E-state index in [1.807, 2.05) is 42.5 Å². The van der Waals surface area contributed by atoms with Crippen LogP contribution in [0.4, 0.5) is 5.69 Å². The van der Waals surface area contributed by atoms with Gasteiger partial charge in [0.15, 0.2) is 0 Å². The summed E-state index contributed by atoms with van der Waals surface area (Å²) in [5.74, 6) is 1.64. The van der Waals surface area contributed by atoms with E-state index in [9.17, 15) is 0 Å². The number of thioether (sulfide) groups is 1. The standard InChI is InChI=1S/C15H12ClN3OS/c16-13-7-2-1-6-12(13)15-18-14(20-19-15)9-21-11-5-3-4-10(17)8-11/h1-8H,9,17H2. The first kappa shape index (κ1) is 14.0. The average molecular weight is 318 g/mol. The maximum Gasteiger partial charge on any atom is 0.237 e. The van der Waals surface area contributed by atoms with Crippen molar-refractivity contribution in [2.75, 3.05) is 5.73 Å². The zero-order chi connectivity index (χ0) is 14.7. The second kappa shape index (κ2) is 6.20. The van der Waals surface area contributed by atoms with Crippen LogP contribution in [-0.4, -0.2) is 10.1 Å². The first-order valence-electron chi connectivity index (χ1n) is 6.28. The molecule has 0 fully saturated rings. The van der Waals surface area contributed by atoms with Crippen molar-refractivity contribution in [2.45, 2.75) is 10.6 Å². The molecule has 6 heteroatoms. The average Bonchev–Trinajstić information content (AvgIpc) is 2.94. The lowest BCUT2D eigenvalue weighted by atomic mass is 10.2. The maximum absolute atomic E-state index is 6.12. The zero-order valence-electron chi connectivity index (χ0n) is 11.0. The van der Waals surface area contributed by atoms with E-state index < -0.39 is 0 Å². The number of hydrogen-bond acceptors (Lipinski definition) is 5. The molecule has 0 aliphatic rings. The first-order chi connectivity index (χ1) is 10.2. The highest BCUT2D eigenvalue weighted by atomic mass is 35.5. The van der Waals surface area contributed by atoms with Gasteiger partial charge in [0.25, 0.3) is 0 Å². The van der Waals surface area contributed by atoms with Gasteiger partial charge in [0, 0.05) is 16.1 Å². The minimum atomic E-state index is 0.503. The Morgan fingerprint density at radius 1 is 1.14 bits per heavy atom.